The van der Waals surface area contributed by atoms with Crippen LogP contribution in [0.25, 0.3) is 0 Å². The summed E-state index contributed by atoms with van der Waals surface area (Å²) in [5.74, 6) is 2.86. The molecule has 1 aliphatic heterocycles. The number of nitrogens with one attached hydrogen (secondary N) is 2. The van der Waals surface area contributed by atoms with Gasteiger partial charge in [-0.2, -0.15) is 11.8 Å². The quantitative estimate of drug-likeness (QED) is 0.466. The first-order chi connectivity index (χ1) is 11.6. The first-order valence-corrected chi connectivity index (χ1v) is 9.63. The Bertz CT molecular complexity index is 531. The summed E-state index contributed by atoms with van der Waals surface area (Å²) in [4.78, 5) is 18.8. The lowest BCUT2D eigenvalue weighted by Crippen LogP contribution is -2.49. The number of carbonyl (C=O) groups excluding carboxylic acids is 1. The number of hydrogen-bond acceptors (Lipinski definition) is 4. The molecule has 2 rings (SSSR count). The molecule has 0 spiro atoms. The minimum atomic E-state index is -0.200. The topological polar surface area (TPSA) is 69.9 Å². The average molecular weight is 353 g/mol. The summed E-state index contributed by atoms with van der Waals surface area (Å²) in [7, 11) is 0. The van der Waals surface area contributed by atoms with E-state index in [1.807, 2.05) is 11.8 Å². The SMILES string of the molecule is CCNC(=NCCNC(=O)c1ccco1)N1CCSC(C(C)C)C1. The molecule has 1 unspecified atom stereocenters. The zero-order valence-electron chi connectivity index (χ0n) is 14.7. The molecule has 0 aliphatic carbocycles. The average Bonchev–Trinajstić information content (AvgIpc) is 3.12. The van der Waals surface area contributed by atoms with Crippen LogP contribution in [0.1, 0.15) is 31.3 Å². The fourth-order valence-corrected chi connectivity index (χ4v) is 3.82. The van der Waals surface area contributed by atoms with Crippen LogP contribution in [-0.2, 0) is 0 Å². The van der Waals surface area contributed by atoms with Crippen LogP contribution in [0.15, 0.2) is 27.8 Å². The number of furan rings is 1. The van der Waals surface area contributed by atoms with Gasteiger partial charge in [-0.25, -0.2) is 0 Å². The molecule has 0 aromatic carbocycles. The van der Waals surface area contributed by atoms with Crippen molar-refractivity contribution in [2.24, 2.45) is 10.9 Å². The summed E-state index contributed by atoms with van der Waals surface area (Å²) in [5.41, 5.74) is 0. The van der Waals surface area contributed by atoms with Crippen molar-refractivity contribution in [2.45, 2.75) is 26.0 Å². The Kier molecular flexibility index (Phi) is 7.49. The van der Waals surface area contributed by atoms with E-state index in [0.717, 1.165) is 31.3 Å². The van der Waals surface area contributed by atoms with E-state index in [9.17, 15) is 4.79 Å². The minimum Gasteiger partial charge on any atom is -0.459 e. The fraction of sp³-hybridized carbons (Fsp3) is 0.647. The lowest BCUT2D eigenvalue weighted by molar-refractivity contribution is 0.0927. The highest BCUT2D eigenvalue weighted by Gasteiger charge is 2.24. The molecule has 24 heavy (non-hydrogen) atoms. The van der Waals surface area contributed by atoms with Crippen molar-refractivity contribution in [2.75, 3.05) is 38.5 Å². The molecular formula is C17H28N4O2S. The van der Waals surface area contributed by atoms with Crippen LogP contribution in [0.5, 0.6) is 0 Å². The number of aliphatic imine (C=N–C) groups is 1. The van der Waals surface area contributed by atoms with E-state index >= 15 is 0 Å². The Hall–Kier alpha value is -1.63. The number of hydrogen-bond donors (Lipinski definition) is 2. The molecule has 1 atom stereocenters. The van der Waals surface area contributed by atoms with E-state index in [1.165, 1.54) is 6.26 Å². The van der Waals surface area contributed by atoms with Crippen molar-refractivity contribution in [3.05, 3.63) is 24.2 Å². The van der Waals surface area contributed by atoms with Crippen LogP contribution >= 0.6 is 11.8 Å². The lowest BCUT2D eigenvalue weighted by Gasteiger charge is -2.36. The maximum atomic E-state index is 11.8. The molecule has 2 heterocycles. The lowest BCUT2D eigenvalue weighted by atomic mass is 10.1. The van der Waals surface area contributed by atoms with Crippen LogP contribution in [0.3, 0.4) is 0 Å². The van der Waals surface area contributed by atoms with Gasteiger partial charge in [0.25, 0.3) is 5.91 Å². The standard InChI is InChI=1S/C17H28N4O2S/c1-4-18-17(21-9-11-24-15(12-21)13(2)3)20-8-7-19-16(22)14-6-5-10-23-14/h5-6,10,13,15H,4,7-9,11-12H2,1-3H3,(H,18,20)(H,19,22). The summed E-state index contributed by atoms with van der Waals surface area (Å²) in [5, 5.41) is 6.83. The molecule has 1 aromatic rings. The number of thioether (sulfide) groups is 1. The highest BCUT2D eigenvalue weighted by molar-refractivity contribution is 8.00. The highest BCUT2D eigenvalue weighted by Crippen LogP contribution is 2.24. The van der Waals surface area contributed by atoms with Gasteiger partial charge in [-0.15, -0.1) is 0 Å². The fourth-order valence-electron chi connectivity index (χ4n) is 2.52. The van der Waals surface area contributed by atoms with E-state index in [1.54, 1.807) is 12.1 Å². The smallest absolute Gasteiger partial charge is 0.287 e. The Morgan fingerprint density at radius 2 is 2.33 bits per heavy atom. The molecule has 1 fully saturated rings. The third kappa shape index (κ3) is 5.47. The third-order valence-electron chi connectivity index (χ3n) is 3.88. The minimum absolute atomic E-state index is 0.200. The largest absolute Gasteiger partial charge is 0.459 e. The van der Waals surface area contributed by atoms with Crippen molar-refractivity contribution in [3.63, 3.8) is 0 Å². The summed E-state index contributed by atoms with van der Waals surface area (Å²) in [6.45, 7) is 10.5. The first kappa shape index (κ1) is 18.7. The second-order valence-electron chi connectivity index (χ2n) is 6.07. The van der Waals surface area contributed by atoms with Crippen LogP contribution in [-0.4, -0.2) is 60.5 Å². The van der Waals surface area contributed by atoms with Crippen molar-refractivity contribution in [1.82, 2.24) is 15.5 Å². The Labute approximate surface area is 148 Å². The van der Waals surface area contributed by atoms with E-state index in [0.29, 0.717) is 30.0 Å². The van der Waals surface area contributed by atoms with E-state index in [4.69, 9.17) is 4.42 Å². The highest BCUT2D eigenvalue weighted by atomic mass is 32.2. The number of rotatable bonds is 6. The van der Waals surface area contributed by atoms with Gasteiger partial charge in [0.15, 0.2) is 11.7 Å². The second kappa shape index (κ2) is 9.61. The number of nitrogens with zero attached hydrogens (tertiary/aromatic N) is 2. The molecule has 0 radical (unpaired) electrons. The van der Waals surface area contributed by atoms with Crippen molar-refractivity contribution in [3.8, 4) is 0 Å². The normalized spacial score (nSPS) is 18.8. The van der Waals surface area contributed by atoms with Gasteiger partial charge in [-0.3, -0.25) is 9.79 Å². The van der Waals surface area contributed by atoms with Gasteiger partial charge in [0.1, 0.15) is 0 Å². The zero-order chi connectivity index (χ0) is 17.4. The van der Waals surface area contributed by atoms with Crippen molar-refractivity contribution >= 4 is 23.6 Å². The number of guanidine groups is 1. The van der Waals surface area contributed by atoms with Gasteiger partial charge in [-0.1, -0.05) is 13.8 Å². The molecule has 1 saturated heterocycles. The van der Waals surface area contributed by atoms with Gasteiger partial charge >= 0.3 is 0 Å². The van der Waals surface area contributed by atoms with Crippen molar-refractivity contribution in [1.29, 1.82) is 0 Å². The van der Waals surface area contributed by atoms with E-state index in [-0.39, 0.29) is 5.91 Å². The molecule has 0 saturated carbocycles. The van der Waals surface area contributed by atoms with Gasteiger partial charge in [0.05, 0.1) is 12.8 Å². The monoisotopic (exact) mass is 352 g/mol. The summed E-state index contributed by atoms with van der Waals surface area (Å²) in [6, 6.07) is 3.36. The van der Waals surface area contributed by atoms with Gasteiger partial charge in [-0.05, 0) is 25.0 Å². The summed E-state index contributed by atoms with van der Waals surface area (Å²) in [6.07, 6.45) is 1.50. The maximum absolute atomic E-state index is 11.8. The third-order valence-corrected chi connectivity index (χ3v) is 5.42. The molecule has 1 amide bonds. The molecule has 2 N–H and O–H groups in total. The van der Waals surface area contributed by atoms with Crippen LogP contribution in [0.2, 0.25) is 0 Å². The van der Waals surface area contributed by atoms with Gasteiger partial charge in [0, 0.05) is 37.2 Å². The van der Waals surface area contributed by atoms with Crippen LogP contribution < -0.4 is 10.6 Å². The van der Waals surface area contributed by atoms with Crippen LogP contribution in [0.4, 0.5) is 0 Å². The predicted molar refractivity (Wildman–Crippen MR) is 99.7 cm³/mol. The molecule has 1 aromatic heterocycles. The van der Waals surface area contributed by atoms with Crippen LogP contribution in [0, 0.1) is 5.92 Å². The molecule has 7 heteroatoms. The number of amides is 1. The zero-order valence-corrected chi connectivity index (χ0v) is 15.6. The molecule has 134 valence electrons. The molecule has 1 aliphatic rings. The molecular weight excluding hydrogens is 324 g/mol. The Balaban J connectivity index is 1.85. The van der Waals surface area contributed by atoms with Crippen molar-refractivity contribution < 1.29 is 9.21 Å². The maximum Gasteiger partial charge on any atom is 0.287 e. The Morgan fingerprint density at radius 1 is 1.50 bits per heavy atom. The van der Waals surface area contributed by atoms with Gasteiger partial charge in [0.2, 0.25) is 0 Å². The van der Waals surface area contributed by atoms with E-state index in [2.05, 4.69) is 41.3 Å². The van der Waals surface area contributed by atoms with Gasteiger partial charge < -0.3 is 20.0 Å². The number of carbonyl (C=O) groups is 1. The Morgan fingerprint density at radius 3 is 3.00 bits per heavy atom. The summed E-state index contributed by atoms with van der Waals surface area (Å²) < 4.78 is 5.07. The predicted octanol–water partition coefficient (Wildman–Crippen LogP) is 2.05. The molecule has 6 nitrogen and oxygen atoms in total. The second-order valence-corrected chi connectivity index (χ2v) is 7.42. The van der Waals surface area contributed by atoms with E-state index < -0.39 is 0 Å². The summed E-state index contributed by atoms with van der Waals surface area (Å²) >= 11 is 2.05. The molecule has 0 bridgehead atoms. The first-order valence-electron chi connectivity index (χ1n) is 8.58.